The summed E-state index contributed by atoms with van der Waals surface area (Å²) in [6.07, 6.45) is 2.49. The third-order valence-corrected chi connectivity index (χ3v) is 3.20. The molecule has 1 aromatic rings. The summed E-state index contributed by atoms with van der Waals surface area (Å²) in [5.41, 5.74) is 1.09. The molecular weight excluding hydrogens is 269 g/mol. The lowest BCUT2D eigenvalue weighted by molar-refractivity contribution is 0.298. The van der Waals surface area contributed by atoms with E-state index in [4.69, 9.17) is 0 Å². The molecule has 0 saturated carbocycles. The fourth-order valence-corrected chi connectivity index (χ4v) is 2.10. The largest absolute Gasteiger partial charge is 0.373 e. The van der Waals surface area contributed by atoms with Crippen LogP contribution in [0.5, 0.6) is 0 Å². The van der Waals surface area contributed by atoms with Gasteiger partial charge in [-0.1, -0.05) is 41.1 Å². The lowest BCUT2D eigenvalue weighted by Gasteiger charge is -2.13. The molecule has 0 aliphatic rings. The molecule has 0 aliphatic carbocycles. The number of anilines is 1. The molecule has 0 saturated heterocycles. The van der Waals surface area contributed by atoms with Crippen LogP contribution >= 0.6 is 15.9 Å². The molecule has 2 unspecified atom stereocenters. The average Bonchev–Trinajstić information content (AvgIpc) is 2.30. The first kappa shape index (κ1) is 13.5. The molecule has 0 radical (unpaired) electrons. The number of hydrogen-bond donors (Lipinski definition) is 1. The maximum absolute atomic E-state index is 13.0. The molecule has 1 rings (SSSR count). The van der Waals surface area contributed by atoms with Crippen LogP contribution < -0.4 is 5.32 Å². The van der Waals surface area contributed by atoms with Gasteiger partial charge in [-0.2, -0.15) is 0 Å². The zero-order valence-electron chi connectivity index (χ0n) is 9.63. The van der Waals surface area contributed by atoms with Gasteiger partial charge in [-0.3, -0.25) is 0 Å². The second-order valence-corrected chi connectivity index (χ2v) is 5.02. The Morgan fingerprint density at radius 3 is 2.56 bits per heavy atom. The number of hydrogen-bond acceptors (Lipinski definition) is 1. The number of halogens is 2. The summed E-state index contributed by atoms with van der Waals surface area (Å²) in [7, 11) is 0. The van der Waals surface area contributed by atoms with Crippen molar-refractivity contribution in [3.05, 3.63) is 30.3 Å². The molecule has 3 heteroatoms. The fourth-order valence-electron chi connectivity index (χ4n) is 1.51. The molecule has 0 heterocycles. The Morgan fingerprint density at radius 2 is 1.94 bits per heavy atom. The Labute approximate surface area is 106 Å². The molecule has 90 valence electrons. The molecule has 0 bridgehead atoms. The van der Waals surface area contributed by atoms with Crippen LogP contribution in [0.2, 0.25) is 0 Å². The standard InChI is InChI=1S/C13H19BrFN/c1-2-11(15)7-6-10-13(14)16-12-8-4-3-5-9-12/h3-5,8-9,11,13,16H,2,6-7,10H2,1H3. The van der Waals surface area contributed by atoms with E-state index in [1.54, 1.807) is 0 Å². The average molecular weight is 288 g/mol. The molecular formula is C13H19BrFN. The van der Waals surface area contributed by atoms with E-state index in [1.807, 2.05) is 37.3 Å². The molecule has 1 aromatic carbocycles. The lowest BCUT2D eigenvalue weighted by atomic mass is 10.1. The van der Waals surface area contributed by atoms with E-state index in [2.05, 4.69) is 21.2 Å². The van der Waals surface area contributed by atoms with Crippen molar-refractivity contribution in [1.82, 2.24) is 0 Å². The highest BCUT2D eigenvalue weighted by Crippen LogP contribution is 2.17. The number of para-hydroxylation sites is 1. The second-order valence-electron chi connectivity index (χ2n) is 3.91. The van der Waals surface area contributed by atoms with Crippen LogP contribution in [0.25, 0.3) is 0 Å². The van der Waals surface area contributed by atoms with Crippen molar-refractivity contribution >= 4 is 21.6 Å². The third-order valence-electron chi connectivity index (χ3n) is 2.51. The summed E-state index contributed by atoms with van der Waals surface area (Å²) in [6.45, 7) is 1.89. The highest BCUT2D eigenvalue weighted by Gasteiger charge is 2.06. The van der Waals surface area contributed by atoms with Crippen molar-refractivity contribution in [3.8, 4) is 0 Å². The Balaban J connectivity index is 2.19. The van der Waals surface area contributed by atoms with Crippen LogP contribution in [0.1, 0.15) is 32.6 Å². The Kier molecular flexibility index (Phi) is 6.46. The monoisotopic (exact) mass is 287 g/mol. The predicted molar refractivity (Wildman–Crippen MR) is 71.8 cm³/mol. The highest BCUT2D eigenvalue weighted by molar-refractivity contribution is 9.09. The third kappa shape index (κ3) is 5.50. The first-order valence-electron chi connectivity index (χ1n) is 5.82. The van der Waals surface area contributed by atoms with Gasteiger partial charge in [0.2, 0.25) is 0 Å². The zero-order valence-corrected chi connectivity index (χ0v) is 11.2. The van der Waals surface area contributed by atoms with Gasteiger partial charge in [0.15, 0.2) is 0 Å². The number of rotatable bonds is 7. The fraction of sp³-hybridized carbons (Fsp3) is 0.538. The van der Waals surface area contributed by atoms with Crippen LogP contribution in [-0.4, -0.2) is 11.1 Å². The molecule has 0 aliphatic heterocycles. The van der Waals surface area contributed by atoms with Crippen LogP contribution in [0.4, 0.5) is 10.1 Å². The zero-order chi connectivity index (χ0) is 11.8. The van der Waals surface area contributed by atoms with Crippen molar-refractivity contribution in [2.45, 2.75) is 43.7 Å². The molecule has 0 spiro atoms. The number of benzene rings is 1. The molecule has 0 fully saturated rings. The second kappa shape index (κ2) is 7.66. The van der Waals surface area contributed by atoms with Crippen molar-refractivity contribution < 1.29 is 4.39 Å². The summed E-state index contributed by atoms with van der Waals surface area (Å²) in [5.74, 6) is 0. The summed E-state index contributed by atoms with van der Waals surface area (Å²) in [5, 5.41) is 3.33. The Bertz CT molecular complexity index is 279. The van der Waals surface area contributed by atoms with E-state index < -0.39 is 6.17 Å². The van der Waals surface area contributed by atoms with Crippen molar-refractivity contribution in [2.24, 2.45) is 0 Å². The molecule has 0 amide bonds. The molecule has 2 atom stereocenters. The van der Waals surface area contributed by atoms with Gasteiger partial charge < -0.3 is 5.32 Å². The number of nitrogens with one attached hydrogen (secondary N) is 1. The predicted octanol–water partition coefficient (Wildman–Crippen LogP) is 4.74. The van der Waals surface area contributed by atoms with Crippen LogP contribution in [-0.2, 0) is 0 Å². The first-order chi connectivity index (χ1) is 7.72. The smallest absolute Gasteiger partial charge is 0.0999 e. The van der Waals surface area contributed by atoms with E-state index in [1.165, 1.54) is 0 Å². The minimum absolute atomic E-state index is 0.221. The van der Waals surface area contributed by atoms with E-state index >= 15 is 0 Å². The summed E-state index contributed by atoms with van der Waals surface area (Å²) in [4.78, 5) is 0.221. The SMILES string of the molecule is CCC(F)CCCC(Br)Nc1ccccc1. The minimum atomic E-state index is -0.642. The Hall–Kier alpha value is -0.570. The van der Waals surface area contributed by atoms with Crippen molar-refractivity contribution in [2.75, 3.05) is 5.32 Å². The lowest BCUT2D eigenvalue weighted by Crippen LogP contribution is -2.12. The Morgan fingerprint density at radius 1 is 1.25 bits per heavy atom. The molecule has 1 N–H and O–H groups in total. The van der Waals surface area contributed by atoms with Crippen LogP contribution in [0.15, 0.2) is 30.3 Å². The van der Waals surface area contributed by atoms with Crippen LogP contribution in [0, 0.1) is 0 Å². The summed E-state index contributed by atoms with van der Waals surface area (Å²) >= 11 is 3.55. The van der Waals surface area contributed by atoms with Gasteiger partial charge in [0.05, 0.1) is 11.1 Å². The van der Waals surface area contributed by atoms with Gasteiger partial charge >= 0.3 is 0 Å². The minimum Gasteiger partial charge on any atom is -0.373 e. The summed E-state index contributed by atoms with van der Waals surface area (Å²) < 4.78 is 13.0. The van der Waals surface area contributed by atoms with E-state index in [0.29, 0.717) is 12.8 Å². The van der Waals surface area contributed by atoms with Gasteiger partial charge in [-0.25, -0.2) is 4.39 Å². The maximum Gasteiger partial charge on any atom is 0.0999 e. The van der Waals surface area contributed by atoms with Crippen molar-refractivity contribution in [1.29, 1.82) is 0 Å². The van der Waals surface area contributed by atoms with Gasteiger partial charge in [0.1, 0.15) is 0 Å². The van der Waals surface area contributed by atoms with Gasteiger partial charge in [-0.15, -0.1) is 0 Å². The van der Waals surface area contributed by atoms with Crippen molar-refractivity contribution in [3.63, 3.8) is 0 Å². The normalized spacial score (nSPS) is 14.4. The summed E-state index contributed by atoms with van der Waals surface area (Å²) in [6, 6.07) is 10.0. The maximum atomic E-state index is 13.0. The van der Waals surface area contributed by atoms with Gasteiger partial charge in [0, 0.05) is 5.69 Å². The van der Waals surface area contributed by atoms with Gasteiger partial charge in [0.25, 0.3) is 0 Å². The topological polar surface area (TPSA) is 12.0 Å². The molecule has 0 aromatic heterocycles. The molecule has 16 heavy (non-hydrogen) atoms. The van der Waals surface area contributed by atoms with E-state index in [-0.39, 0.29) is 4.95 Å². The number of alkyl halides is 2. The molecule has 1 nitrogen and oxygen atoms in total. The quantitative estimate of drug-likeness (QED) is 0.564. The first-order valence-corrected chi connectivity index (χ1v) is 6.73. The van der Waals surface area contributed by atoms with Gasteiger partial charge in [-0.05, 0) is 37.8 Å². The van der Waals surface area contributed by atoms with E-state index in [9.17, 15) is 4.39 Å². The van der Waals surface area contributed by atoms with E-state index in [0.717, 1.165) is 18.5 Å². The van der Waals surface area contributed by atoms with Crippen LogP contribution in [0.3, 0.4) is 0 Å². The highest BCUT2D eigenvalue weighted by atomic mass is 79.9.